The minimum absolute atomic E-state index is 0.132. The van der Waals surface area contributed by atoms with Gasteiger partial charge in [0.05, 0.1) is 5.52 Å². The molecule has 6 heteroatoms. The average molecular weight is 332 g/mol. The summed E-state index contributed by atoms with van der Waals surface area (Å²) in [5.41, 5.74) is 0.979. The highest BCUT2D eigenvalue weighted by molar-refractivity contribution is 5.91. The third-order valence-corrected chi connectivity index (χ3v) is 3.86. The van der Waals surface area contributed by atoms with E-state index in [9.17, 15) is 14.7 Å². The number of amides is 1. The first-order valence-corrected chi connectivity index (χ1v) is 7.88. The second-order valence-corrected chi connectivity index (χ2v) is 6.97. The second-order valence-electron chi connectivity index (χ2n) is 6.97. The summed E-state index contributed by atoms with van der Waals surface area (Å²) in [5.74, 6) is 0. The lowest BCUT2D eigenvalue weighted by Crippen LogP contribution is -2.40. The Morgan fingerprint density at radius 3 is 2.50 bits per heavy atom. The standard InChI is InChI=1S/C18H24N2O4/c1-12(19(5)17(23)24-18(2,3)4)10-13-11-20(16(21)22)15-9-7-6-8-14(13)15/h6-9,11-12H,10H2,1-5H3,(H,21,22)/t12-/m1/s1. The highest BCUT2D eigenvalue weighted by Gasteiger charge is 2.24. The normalized spacial score (nSPS) is 12.9. The quantitative estimate of drug-likeness (QED) is 0.923. The molecule has 0 radical (unpaired) electrons. The van der Waals surface area contributed by atoms with Gasteiger partial charge in [-0.1, -0.05) is 18.2 Å². The lowest BCUT2D eigenvalue weighted by atomic mass is 10.1. The van der Waals surface area contributed by atoms with Crippen LogP contribution < -0.4 is 0 Å². The summed E-state index contributed by atoms with van der Waals surface area (Å²) in [6.07, 6.45) is 0.741. The van der Waals surface area contributed by atoms with Crippen LogP contribution in [0, 0.1) is 0 Å². The number of ether oxygens (including phenoxy) is 1. The zero-order chi connectivity index (χ0) is 18.1. The zero-order valence-corrected chi connectivity index (χ0v) is 14.7. The minimum atomic E-state index is -1.02. The Labute approximate surface area is 141 Å². The van der Waals surface area contributed by atoms with Crippen molar-refractivity contribution in [2.45, 2.75) is 45.8 Å². The van der Waals surface area contributed by atoms with Crippen LogP contribution in [0.25, 0.3) is 10.9 Å². The van der Waals surface area contributed by atoms with Crippen molar-refractivity contribution in [2.24, 2.45) is 0 Å². The Bertz CT molecular complexity index is 758. The fourth-order valence-electron chi connectivity index (χ4n) is 2.54. The lowest BCUT2D eigenvalue weighted by molar-refractivity contribution is 0.0236. The number of aromatic nitrogens is 1. The van der Waals surface area contributed by atoms with Crippen LogP contribution in [-0.2, 0) is 11.2 Å². The van der Waals surface area contributed by atoms with Gasteiger partial charge in [0.25, 0.3) is 0 Å². The first-order chi connectivity index (χ1) is 11.1. The van der Waals surface area contributed by atoms with Gasteiger partial charge in [0.15, 0.2) is 0 Å². The van der Waals surface area contributed by atoms with E-state index in [-0.39, 0.29) is 6.04 Å². The van der Waals surface area contributed by atoms with Crippen molar-refractivity contribution in [2.75, 3.05) is 7.05 Å². The van der Waals surface area contributed by atoms with Crippen LogP contribution in [0.2, 0.25) is 0 Å². The van der Waals surface area contributed by atoms with Gasteiger partial charge in [-0.3, -0.25) is 4.57 Å². The van der Waals surface area contributed by atoms with Crippen LogP contribution >= 0.6 is 0 Å². The third kappa shape index (κ3) is 3.88. The number of benzene rings is 1. The predicted molar refractivity (Wildman–Crippen MR) is 92.5 cm³/mol. The highest BCUT2D eigenvalue weighted by Crippen LogP contribution is 2.23. The van der Waals surface area contributed by atoms with Gasteiger partial charge in [-0.05, 0) is 45.7 Å². The van der Waals surface area contributed by atoms with E-state index in [0.29, 0.717) is 11.9 Å². The predicted octanol–water partition coefficient (Wildman–Crippen LogP) is 3.97. The molecule has 24 heavy (non-hydrogen) atoms. The molecule has 1 aromatic carbocycles. The SMILES string of the molecule is C[C@H](Cc1cn(C(=O)O)c2ccccc12)N(C)C(=O)OC(C)(C)C. The molecule has 0 unspecified atom stereocenters. The smallest absolute Gasteiger partial charge is 0.416 e. The number of hydrogen-bond acceptors (Lipinski definition) is 3. The summed E-state index contributed by atoms with van der Waals surface area (Å²) in [6.45, 7) is 7.38. The Balaban J connectivity index is 2.23. The third-order valence-electron chi connectivity index (χ3n) is 3.86. The average Bonchev–Trinajstić information content (AvgIpc) is 2.84. The Kier molecular flexibility index (Phi) is 4.87. The van der Waals surface area contributed by atoms with Crippen molar-refractivity contribution in [1.82, 2.24) is 9.47 Å². The Morgan fingerprint density at radius 1 is 1.29 bits per heavy atom. The van der Waals surface area contributed by atoms with Crippen molar-refractivity contribution in [1.29, 1.82) is 0 Å². The topological polar surface area (TPSA) is 71.8 Å². The molecule has 0 aliphatic rings. The Hall–Kier alpha value is -2.50. The number of nitrogens with zero attached hydrogens (tertiary/aromatic N) is 2. The van der Waals surface area contributed by atoms with Gasteiger partial charge in [0, 0.05) is 24.7 Å². The van der Waals surface area contributed by atoms with E-state index in [1.165, 1.54) is 9.47 Å². The molecule has 130 valence electrons. The van der Waals surface area contributed by atoms with Crippen LogP contribution in [0.1, 0.15) is 33.3 Å². The van der Waals surface area contributed by atoms with Crippen molar-refractivity contribution in [3.63, 3.8) is 0 Å². The van der Waals surface area contributed by atoms with Crippen molar-refractivity contribution in [3.8, 4) is 0 Å². The summed E-state index contributed by atoms with van der Waals surface area (Å²) in [5, 5.41) is 10.2. The van der Waals surface area contributed by atoms with E-state index in [1.807, 2.05) is 45.9 Å². The molecule has 1 heterocycles. The van der Waals surface area contributed by atoms with Crippen LogP contribution in [0.4, 0.5) is 9.59 Å². The largest absolute Gasteiger partial charge is 0.464 e. The van der Waals surface area contributed by atoms with Gasteiger partial charge in [-0.15, -0.1) is 0 Å². The van der Waals surface area contributed by atoms with Crippen LogP contribution in [0.15, 0.2) is 30.5 Å². The van der Waals surface area contributed by atoms with Crippen molar-refractivity contribution >= 4 is 23.1 Å². The molecule has 0 spiro atoms. The molecule has 0 saturated heterocycles. The molecule has 2 rings (SSSR count). The van der Waals surface area contributed by atoms with E-state index in [1.54, 1.807) is 19.3 Å². The number of rotatable bonds is 3. The summed E-state index contributed by atoms with van der Waals surface area (Å²) in [4.78, 5) is 25.1. The zero-order valence-electron chi connectivity index (χ0n) is 14.7. The van der Waals surface area contributed by atoms with Gasteiger partial charge in [0.2, 0.25) is 0 Å². The summed E-state index contributed by atoms with van der Waals surface area (Å²) in [6, 6.07) is 7.22. The van der Waals surface area contributed by atoms with Crippen molar-refractivity contribution in [3.05, 3.63) is 36.0 Å². The first-order valence-electron chi connectivity index (χ1n) is 7.88. The van der Waals surface area contributed by atoms with Crippen LogP contribution in [-0.4, -0.2) is 45.5 Å². The molecule has 1 amide bonds. The highest BCUT2D eigenvalue weighted by atomic mass is 16.6. The molecule has 1 N–H and O–H groups in total. The molecule has 1 aromatic heterocycles. The number of hydrogen-bond donors (Lipinski definition) is 1. The maximum atomic E-state index is 12.2. The van der Waals surface area contributed by atoms with Gasteiger partial charge in [0.1, 0.15) is 5.60 Å². The number of fused-ring (bicyclic) bond motifs is 1. The first kappa shape index (κ1) is 17.8. The van der Waals surface area contributed by atoms with E-state index < -0.39 is 17.8 Å². The molecule has 2 aromatic rings. The van der Waals surface area contributed by atoms with Gasteiger partial charge in [-0.2, -0.15) is 0 Å². The molecule has 0 fully saturated rings. The number of carbonyl (C=O) groups is 2. The van der Waals surface area contributed by atoms with Gasteiger partial charge < -0.3 is 14.7 Å². The van der Waals surface area contributed by atoms with Crippen LogP contribution in [0.5, 0.6) is 0 Å². The number of para-hydroxylation sites is 1. The van der Waals surface area contributed by atoms with Crippen molar-refractivity contribution < 1.29 is 19.4 Å². The number of carbonyl (C=O) groups excluding carboxylic acids is 1. The minimum Gasteiger partial charge on any atom is -0.464 e. The maximum Gasteiger partial charge on any atom is 0.416 e. The maximum absolute atomic E-state index is 12.2. The summed E-state index contributed by atoms with van der Waals surface area (Å²) in [7, 11) is 1.69. The molecule has 1 atom stereocenters. The van der Waals surface area contributed by atoms with Crippen LogP contribution in [0.3, 0.4) is 0 Å². The summed E-state index contributed by atoms with van der Waals surface area (Å²) < 4.78 is 6.59. The monoisotopic (exact) mass is 332 g/mol. The molecular weight excluding hydrogens is 308 g/mol. The summed E-state index contributed by atoms with van der Waals surface area (Å²) >= 11 is 0. The van der Waals surface area contributed by atoms with E-state index in [4.69, 9.17) is 4.74 Å². The molecule has 0 saturated carbocycles. The Morgan fingerprint density at radius 2 is 1.92 bits per heavy atom. The molecular formula is C18H24N2O4. The van der Waals surface area contributed by atoms with Gasteiger partial charge in [-0.25, -0.2) is 9.59 Å². The fraction of sp³-hybridized carbons (Fsp3) is 0.444. The molecule has 0 aliphatic carbocycles. The number of likely N-dealkylation sites (N-methyl/N-ethyl adjacent to an activating group) is 1. The van der Waals surface area contributed by atoms with Gasteiger partial charge >= 0.3 is 12.2 Å². The fourth-order valence-corrected chi connectivity index (χ4v) is 2.54. The second kappa shape index (κ2) is 6.55. The lowest BCUT2D eigenvalue weighted by Gasteiger charge is -2.28. The van der Waals surface area contributed by atoms with E-state index >= 15 is 0 Å². The molecule has 0 aliphatic heterocycles. The molecule has 0 bridgehead atoms. The van der Waals surface area contributed by atoms with E-state index in [0.717, 1.165) is 10.9 Å². The number of carboxylic acid groups (broad SMARTS) is 1. The molecule has 6 nitrogen and oxygen atoms in total. The van der Waals surface area contributed by atoms with E-state index in [2.05, 4.69) is 0 Å².